The van der Waals surface area contributed by atoms with Gasteiger partial charge in [-0.3, -0.25) is 4.79 Å². The zero-order valence-corrected chi connectivity index (χ0v) is 15.9. The number of rotatable bonds is 4. The largest absolute Gasteiger partial charge is 0.434 e. The Balaban J connectivity index is 1.57. The summed E-state index contributed by atoms with van der Waals surface area (Å²) in [6.45, 7) is 2.81. The summed E-state index contributed by atoms with van der Waals surface area (Å²) in [4.78, 5) is 14.8. The molecule has 30 heavy (non-hydrogen) atoms. The number of anilines is 2. The van der Waals surface area contributed by atoms with E-state index >= 15 is 0 Å². The summed E-state index contributed by atoms with van der Waals surface area (Å²) in [6.07, 6.45) is -3.81. The van der Waals surface area contributed by atoms with E-state index in [1.807, 2.05) is 12.1 Å². The molecule has 0 aliphatic carbocycles. The summed E-state index contributed by atoms with van der Waals surface area (Å²) >= 11 is 0. The number of para-hydroxylation sites is 1. The molecule has 0 atom stereocenters. The molecule has 6 nitrogen and oxygen atoms in total. The maximum Gasteiger partial charge on any atom is 0.434 e. The van der Waals surface area contributed by atoms with E-state index in [2.05, 4.69) is 15.3 Å². The summed E-state index contributed by atoms with van der Waals surface area (Å²) in [7, 11) is 0. The number of benzene rings is 2. The molecular formula is C21H19F3N4O2. The SMILES string of the molecule is O=C(Nc1ccc(N2CCOCC2)cc1)c1cnn(-c2ccccc2)c1C(F)(F)F. The summed E-state index contributed by atoms with van der Waals surface area (Å²) < 4.78 is 47.2. The van der Waals surface area contributed by atoms with Gasteiger partial charge in [-0.25, -0.2) is 4.68 Å². The highest BCUT2D eigenvalue weighted by Gasteiger charge is 2.40. The van der Waals surface area contributed by atoms with Crippen LogP contribution in [-0.2, 0) is 10.9 Å². The van der Waals surface area contributed by atoms with Gasteiger partial charge in [0.2, 0.25) is 0 Å². The van der Waals surface area contributed by atoms with Gasteiger partial charge < -0.3 is 15.0 Å². The van der Waals surface area contributed by atoms with E-state index < -0.39 is 23.3 Å². The maximum atomic E-state index is 13.7. The van der Waals surface area contributed by atoms with E-state index in [1.165, 1.54) is 12.1 Å². The predicted octanol–water partition coefficient (Wildman–Crippen LogP) is 3.98. The number of carbonyl (C=O) groups is 1. The lowest BCUT2D eigenvalue weighted by Crippen LogP contribution is -2.36. The third-order valence-electron chi connectivity index (χ3n) is 4.78. The van der Waals surface area contributed by atoms with Crippen LogP contribution in [-0.4, -0.2) is 42.0 Å². The maximum absolute atomic E-state index is 13.7. The predicted molar refractivity (Wildman–Crippen MR) is 106 cm³/mol. The van der Waals surface area contributed by atoms with Gasteiger partial charge in [-0.2, -0.15) is 18.3 Å². The number of morpholine rings is 1. The van der Waals surface area contributed by atoms with Crippen LogP contribution in [0, 0.1) is 0 Å². The van der Waals surface area contributed by atoms with Crippen LogP contribution < -0.4 is 10.2 Å². The Labute approximate surface area is 170 Å². The van der Waals surface area contributed by atoms with Crippen molar-refractivity contribution in [3.8, 4) is 5.69 Å². The fourth-order valence-electron chi connectivity index (χ4n) is 3.33. The number of amides is 1. The van der Waals surface area contributed by atoms with E-state index in [9.17, 15) is 18.0 Å². The molecule has 1 fully saturated rings. The molecule has 2 aromatic carbocycles. The normalized spacial score (nSPS) is 14.6. The molecule has 0 bridgehead atoms. The van der Waals surface area contributed by atoms with Gasteiger partial charge in [0.05, 0.1) is 30.7 Å². The van der Waals surface area contributed by atoms with E-state index in [0.717, 1.165) is 29.7 Å². The third-order valence-corrected chi connectivity index (χ3v) is 4.78. The van der Waals surface area contributed by atoms with Crippen molar-refractivity contribution in [1.82, 2.24) is 9.78 Å². The molecule has 2 heterocycles. The van der Waals surface area contributed by atoms with Gasteiger partial charge in [0.25, 0.3) is 5.91 Å². The zero-order chi connectivity index (χ0) is 21.1. The van der Waals surface area contributed by atoms with Crippen molar-refractivity contribution in [2.24, 2.45) is 0 Å². The van der Waals surface area contributed by atoms with Crippen LogP contribution in [0.25, 0.3) is 5.69 Å². The van der Waals surface area contributed by atoms with Gasteiger partial charge >= 0.3 is 6.18 Å². The molecule has 3 aromatic rings. The molecule has 0 radical (unpaired) electrons. The monoisotopic (exact) mass is 416 g/mol. The number of carbonyl (C=O) groups excluding carboxylic acids is 1. The minimum Gasteiger partial charge on any atom is -0.378 e. The fourth-order valence-corrected chi connectivity index (χ4v) is 3.33. The molecular weight excluding hydrogens is 397 g/mol. The van der Waals surface area contributed by atoms with Crippen LogP contribution >= 0.6 is 0 Å². The summed E-state index contributed by atoms with van der Waals surface area (Å²) in [5.41, 5.74) is -0.0692. The fraction of sp³-hybridized carbons (Fsp3) is 0.238. The smallest absolute Gasteiger partial charge is 0.378 e. The first-order chi connectivity index (χ1) is 14.4. The standard InChI is InChI=1S/C21H19F3N4O2/c22-21(23,24)19-18(14-25-28(19)17-4-2-1-3-5-17)20(29)26-15-6-8-16(9-7-15)27-10-12-30-13-11-27/h1-9,14H,10-13H2,(H,26,29). The third kappa shape index (κ3) is 4.16. The van der Waals surface area contributed by atoms with Crippen LogP contribution in [0.4, 0.5) is 24.5 Å². The number of halogens is 3. The Morgan fingerprint density at radius 3 is 2.27 bits per heavy atom. The van der Waals surface area contributed by atoms with Crippen molar-refractivity contribution in [3.63, 3.8) is 0 Å². The van der Waals surface area contributed by atoms with E-state index in [1.54, 1.807) is 30.3 Å². The number of hydrogen-bond acceptors (Lipinski definition) is 4. The highest BCUT2D eigenvalue weighted by Crippen LogP contribution is 2.34. The van der Waals surface area contributed by atoms with Crippen LogP contribution in [0.2, 0.25) is 0 Å². The Morgan fingerprint density at radius 1 is 0.967 bits per heavy atom. The molecule has 1 aliphatic heterocycles. The highest BCUT2D eigenvalue weighted by atomic mass is 19.4. The van der Waals surface area contributed by atoms with Crippen LogP contribution in [0.5, 0.6) is 0 Å². The first-order valence-electron chi connectivity index (χ1n) is 9.38. The van der Waals surface area contributed by atoms with Gasteiger partial charge in [0, 0.05) is 24.5 Å². The average molecular weight is 416 g/mol. The molecule has 9 heteroatoms. The van der Waals surface area contributed by atoms with Crippen LogP contribution in [0.15, 0.2) is 60.8 Å². The Morgan fingerprint density at radius 2 is 1.63 bits per heavy atom. The summed E-state index contributed by atoms with van der Waals surface area (Å²) in [6, 6.07) is 14.9. The highest BCUT2D eigenvalue weighted by molar-refractivity contribution is 6.05. The van der Waals surface area contributed by atoms with Crippen molar-refractivity contribution < 1.29 is 22.7 Å². The topological polar surface area (TPSA) is 59.4 Å². The number of nitrogens with zero attached hydrogens (tertiary/aromatic N) is 3. The molecule has 156 valence electrons. The molecule has 1 amide bonds. The lowest BCUT2D eigenvalue weighted by molar-refractivity contribution is -0.143. The van der Waals surface area contributed by atoms with Gasteiger partial charge in [0.15, 0.2) is 5.69 Å². The van der Waals surface area contributed by atoms with E-state index in [0.29, 0.717) is 18.9 Å². The number of nitrogens with one attached hydrogen (secondary N) is 1. The lowest BCUT2D eigenvalue weighted by Gasteiger charge is -2.28. The first kappa shape index (κ1) is 20.0. The Hall–Kier alpha value is -3.33. The molecule has 0 spiro atoms. The number of hydrogen-bond donors (Lipinski definition) is 1. The Bertz CT molecular complexity index is 1010. The summed E-state index contributed by atoms with van der Waals surface area (Å²) in [5, 5.41) is 6.34. The van der Waals surface area contributed by atoms with E-state index in [4.69, 9.17) is 4.74 Å². The quantitative estimate of drug-likeness (QED) is 0.699. The molecule has 0 saturated carbocycles. The molecule has 1 N–H and O–H groups in total. The summed E-state index contributed by atoms with van der Waals surface area (Å²) in [5.74, 6) is -0.872. The molecule has 1 aromatic heterocycles. The van der Waals surface area contributed by atoms with Crippen molar-refractivity contribution >= 4 is 17.3 Å². The minimum absolute atomic E-state index is 0.221. The Kier molecular flexibility index (Phi) is 5.45. The zero-order valence-electron chi connectivity index (χ0n) is 15.9. The van der Waals surface area contributed by atoms with Crippen molar-refractivity contribution in [1.29, 1.82) is 0 Å². The van der Waals surface area contributed by atoms with Crippen molar-refractivity contribution in [2.45, 2.75) is 6.18 Å². The average Bonchev–Trinajstić information content (AvgIpc) is 3.22. The lowest BCUT2D eigenvalue weighted by atomic mass is 10.2. The molecule has 4 rings (SSSR count). The van der Waals surface area contributed by atoms with Crippen molar-refractivity contribution in [2.75, 3.05) is 36.5 Å². The molecule has 1 aliphatic rings. The van der Waals surface area contributed by atoms with E-state index in [-0.39, 0.29) is 5.69 Å². The molecule has 0 unspecified atom stereocenters. The van der Waals surface area contributed by atoms with Crippen LogP contribution in [0.3, 0.4) is 0 Å². The van der Waals surface area contributed by atoms with Crippen LogP contribution in [0.1, 0.15) is 16.1 Å². The first-order valence-corrected chi connectivity index (χ1v) is 9.38. The van der Waals surface area contributed by atoms with Crippen molar-refractivity contribution in [3.05, 3.63) is 72.1 Å². The second-order valence-electron chi connectivity index (χ2n) is 6.75. The number of alkyl halides is 3. The number of ether oxygens (including phenoxy) is 1. The second kappa shape index (κ2) is 8.19. The number of aromatic nitrogens is 2. The van der Waals surface area contributed by atoms with Gasteiger partial charge in [-0.15, -0.1) is 0 Å². The van der Waals surface area contributed by atoms with Gasteiger partial charge in [-0.1, -0.05) is 18.2 Å². The van der Waals surface area contributed by atoms with Gasteiger partial charge in [-0.05, 0) is 36.4 Å². The molecule has 1 saturated heterocycles. The second-order valence-corrected chi connectivity index (χ2v) is 6.75. The van der Waals surface area contributed by atoms with Gasteiger partial charge in [0.1, 0.15) is 0 Å². The minimum atomic E-state index is -4.75.